The van der Waals surface area contributed by atoms with E-state index in [9.17, 15) is 19.7 Å². The number of hydrogen-bond donors (Lipinski definition) is 2. The van der Waals surface area contributed by atoms with Crippen molar-refractivity contribution in [2.24, 2.45) is 5.84 Å². The number of nitro groups is 1. The van der Waals surface area contributed by atoms with E-state index in [1.807, 2.05) is 5.43 Å². The van der Waals surface area contributed by atoms with Gasteiger partial charge in [0.2, 0.25) is 0 Å². The third kappa shape index (κ3) is 2.68. The van der Waals surface area contributed by atoms with E-state index in [0.717, 1.165) is 10.8 Å². The van der Waals surface area contributed by atoms with Crippen LogP contribution in [0.4, 0.5) is 5.69 Å². The molecule has 1 amide bonds. The quantitative estimate of drug-likeness (QED) is 0.347. The highest BCUT2D eigenvalue weighted by Crippen LogP contribution is 2.21. The molecule has 1 aromatic rings. The van der Waals surface area contributed by atoms with Crippen LogP contribution in [0.2, 0.25) is 0 Å². The molecule has 0 atom stereocenters. The second-order valence-corrected chi connectivity index (χ2v) is 4.00. The molecule has 3 N–H and O–H groups in total. The minimum absolute atomic E-state index is 0.0523. The molecule has 0 spiro atoms. The van der Waals surface area contributed by atoms with E-state index in [1.165, 1.54) is 6.92 Å². The second kappa shape index (κ2) is 5.06. The second-order valence-electron chi connectivity index (χ2n) is 3.21. The van der Waals surface area contributed by atoms with E-state index < -0.39 is 16.4 Å². The van der Waals surface area contributed by atoms with Gasteiger partial charge in [0.1, 0.15) is 6.54 Å². The first kappa shape index (κ1) is 13.3. The average Bonchev–Trinajstić information content (AvgIpc) is 2.29. The number of hydrogen-bond acceptors (Lipinski definition) is 5. The maximum absolute atomic E-state index is 11.7. The number of nitrogens with zero attached hydrogens (tertiary/aromatic N) is 2. The fourth-order valence-electron chi connectivity index (χ4n) is 1.20. The number of carbonyl (C=O) groups excluding carboxylic acids is 1. The topological polar surface area (TPSA) is 120 Å². The van der Waals surface area contributed by atoms with Gasteiger partial charge in [0.15, 0.2) is 0 Å². The largest absolute Gasteiger partial charge is 0.298 e. The minimum Gasteiger partial charge on any atom is -0.298 e. The average molecular weight is 305 g/mol. The fraction of sp³-hybridized carbons (Fsp3) is 0.250. The number of hydrazine groups is 1. The molecule has 0 bridgehead atoms. The highest BCUT2D eigenvalue weighted by molar-refractivity contribution is 9.10. The summed E-state index contributed by atoms with van der Waals surface area (Å²) in [6.45, 7) is 1.06. The van der Waals surface area contributed by atoms with E-state index in [1.54, 1.807) is 0 Å². The first-order valence-corrected chi connectivity index (χ1v) is 5.21. The van der Waals surface area contributed by atoms with Crippen molar-refractivity contribution in [3.8, 4) is 0 Å². The Labute approximate surface area is 104 Å². The molecular weight excluding hydrogens is 296 g/mol. The van der Waals surface area contributed by atoms with Crippen LogP contribution in [0, 0.1) is 17.0 Å². The van der Waals surface area contributed by atoms with Gasteiger partial charge in [-0.3, -0.25) is 29.7 Å². The Morgan fingerprint density at radius 2 is 2.29 bits per heavy atom. The van der Waals surface area contributed by atoms with Gasteiger partial charge in [0, 0.05) is 5.56 Å². The Bertz CT molecular complexity index is 539. The van der Waals surface area contributed by atoms with Gasteiger partial charge >= 0.3 is 0 Å². The summed E-state index contributed by atoms with van der Waals surface area (Å²) in [5, 5.41) is 10.7. The number of nitrogens with two attached hydrogens (primary N) is 1. The summed E-state index contributed by atoms with van der Waals surface area (Å²) >= 11 is 2.96. The Hall–Kier alpha value is -1.74. The lowest BCUT2D eigenvalue weighted by atomic mass is 10.2. The number of nitrogens with one attached hydrogen (secondary N) is 1. The van der Waals surface area contributed by atoms with E-state index in [0.29, 0.717) is 0 Å². The zero-order valence-corrected chi connectivity index (χ0v) is 10.4. The van der Waals surface area contributed by atoms with Crippen molar-refractivity contribution in [3.05, 3.63) is 36.7 Å². The van der Waals surface area contributed by atoms with Crippen LogP contribution in [0.1, 0.15) is 5.56 Å². The van der Waals surface area contributed by atoms with E-state index in [2.05, 4.69) is 15.9 Å². The Morgan fingerprint density at radius 3 is 2.76 bits per heavy atom. The van der Waals surface area contributed by atoms with Crippen LogP contribution in [0.25, 0.3) is 0 Å². The van der Waals surface area contributed by atoms with Crippen molar-refractivity contribution in [2.75, 3.05) is 0 Å². The molecule has 92 valence electrons. The molecule has 0 fully saturated rings. The van der Waals surface area contributed by atoms with Crippen LogP contribution in [0.15, 0.2) is 15.5 Å². The van der Waals surface area contributed by atoms with Gasteiger partial charge in [0.05, 0.1) is 15.6 Å². The van der Waals surface area contributed by atoms with Crippen LogP contribution in [0.3, 0.4) is 0 Å². The van der Waals surface area contributed by atoms with Gasteiger partial charge in [-0.2, -0.15) is 0 Å². The number of aromatic nitrogens is 1. The minimum atomic E-state index is -0.629. The Balaban J connectivity index is 3.37. The number of amides is 1. The van der Waals surface area contributed by atoms with Gasteiger partial charge in [-0.1, -0.05) is 0 Å². The van der Waals surface area contributed by atoms with Crippen molar-refractivity contribution >= 4 is 27.5 Å². The van der Waals surface area contributed by atoms with Crippen molar-refractivity contribution in [3.63, 3.8) is 0 Å². The molecule has 0 unspecified atom stereocenters. The summed E-state index contributed by atoms with van der Waals surface area (Å²) in [6.07, 6.45) is 1.01. The van der Waals surface area contributed by atoms with Crippen LogP contribution < -0.4 is 16.8 Å². The number of rotatable bonds is 3. The zero-order chi connectivity index (χ0) is 13.2. The molecule has 0 aromatic carbocycles. The monoisotopic (exact) mass is 304 g/mol. The molecule has 1 heterocycles. The smallest absolute Gasteiger partial charge is 0.289 e. The van der Waals surface area contributed by atoms with Gasteiger partial charge in [-0.05, 0) is 22.9 Å². The maximum atomic E-state index is 11.7. The third-order valence-corrected chi connectivity index (χ3v) is 3.05. The Morgan fingerprint density at radius 1 is 1.71 bits per heavy atom. The molecule has 1 aromatic heterocycles. The first-order chi connectivity index (χ1) is 7.88. The lowest BCUT2D eigenvalue weighted by Gasteiger charge is -2.07. The summed E-state index contributed by atoms with van der Waals surface area (Å²) in [5.41, 5.74) is 1.27. The van der Waals surface area contributed by atoms with E-state index >= 15 is 0 Å². The Kier molecular flexibility index (Phi) is 3.97. The number of halogens is 1. The highest BCUT2D eigenvalue weighted by Gasteiger charge is 2.19. The molecule has 9 heteroatoms. The van der Waals surface area contributed by atoms with Crippen molar-refractivity contribution in [1.29, 1.82) is 0 Å². The van der Waals surface area contributed by atoms with Crippen LogP contribution in [0.5, 0.6) is 0 Å². The van der Waals surface area contributed by atoms with Gasteiger partial charge < -0.3 is 0 Å². The van der Waals surface area contributed by atoms with Gasteiger partial charge in [-0.15, -0.1) is 0 Å². The normalized spacial score (nSPS) is 10.1. The molecule has 0 saturated heterocycles. The standard InChI is InChI=1S/C8H9BrN4O4/c1-4-5(13(16)17)2-12(3-6(14)11-10)8(15)7(4)9/h2H,3,10H2,1H3,(H,11,14). The molecule has 17 heavy (non-hydrogen) atoms. The molecule has 0 aliphatic rings. The summed E-state index contributed by atoms with van der Waals surface area (Å²) in [6, 6.07) is 0. The predicted molar refractivity (Wildman–Crippen MR) is 62.1 cm³/mol. The molecule has 0 aliphatic carbocycles. The van der Waals surface area contributed by atoms with Crippen molar-refractivity contribution in [2.45, 2.75) is 13.5 Å². The maximum Gasteiger partial charge on any atom is 0.289 e. The van der Waals surface area contributed by atoms with Crippen molar-refractivity contribution in [1.82, 2.24) is 9.99 Å². The SMILES string of the molecule is Cc1c([N+](=O)[O-])cn(CC(=O)NN)c(=O)c1Br. The molecule has 0 aliphatic heterocycles. The molecular formula is C8H9BrN4O4. The summed E-state index contributed by atoms with van der Waals surface area (Å²) < 4.78 is 0.966. The van der Waals surface area contributed by atoms with Gasteiger partial charge in [-0.25, -0.2) is 5.84 Å². The van der Waals surface area contributed by atoms with Crippen molar-refractivity contribution < 1.29 is 9.72 Å². The summed E-state index contributed by atoms with van der Waals surface area (Å²) in [7, 11) is 0. The van der Waals surface area contributed by atoms with Crippen LogP contribution in [-0.4, -0.2) is 15.4 Å². The van der Waals surface area contributed by atoms with E-state index in [4.69, 9.17) is 5.84 Å². The summed E-state index contributed by atoms with van der Waals surface area (Å²) in [5.74, 6) is 4.25. The number of carbonyl (C=O) groups is 1. The predicted octanol–water partition coefficient (Wildman–Crippen LogP) is -0.183. The molecule has 0 saturated carbocycles. The highest BCUT2D eigenvalue weighted by atomic mass is 79.9. The zero-order valence-electron chi connectivity index (χ0n) is 8.77. The first-order valence-electron chi connectivity index (χ1n) is 4.41. The van der Waals surface area contributed by atoms with E-state index in [-0.39, 0.29) is 22.3 Å². The third-order valence-electron chi connectivity index (χ3n) is 2.11. The molecule has 8 nitrogen and oxygen atoms in total. The lowest BCUT2D eigenvalue weighted by molar-refractivity contribution is -0.386. The number of pyridine rings is 1. The van der Waals surface area contributed by atoms with Gasteiger partial charge in [0.25, 0.3) is 17.2 Å². The molecule has 0 radical (unpaired) electrons. The fourth-order valence-corrected chi connectivity index (χ4v) is 1.63. The van der Waals surface area contributed by atoms with Crippen LogP contribution in [-0.2, 0) is 11.3 Å². The molecule has 1 rings (SSSR count). The lowest BCUT2D eigenvalue weighted by Crippen LogP contribution is -2.36. The van der Waals surface area contributed by atoms with Crippen LogP contribution >= 0.6 is 15.9 Å². The summed E-state index contributed by atoms with van der Waals surface area (Å²) in [4.78, 5) is 32.8.